The van der Waals surface area contributed by atoms with Gasteiger partial charge in [0.1, 0.15) is 0 Å². The third kappa shape index (κ3) is 3.82. The Balaban J connectivity index is 2.23. The highest BCUT2D eigenvalue weighted by Gasteiger charge is 2.10. The lowest BCUT2D eigenvalue weighted by Gasteiger charge is -2.10. The van der Waals surface area contributed by atoms with E-state index >= 15 is 0 Å². The molecule has 4 nitrogen and oxygen atoms in total. The first-order valence-corrected chi connectivity index (χ1v) is 7.58. The predicted octanol–water partition coefficient (Wildman–Crippen LogP) is 3.58. The maximum Gasteiger partial charge on any atom is 0.256 e. The topological polar surface area (TPSA) is 51.1 Å². The fourth-order valence-corrected chi connectivity index (χ4v) is 2.70. The molecule has 1 N–H and O–H groups in total. The second kappa shape index (κ2) is 6.72. The molecule has 0 aliphatic heterocycles. The number of nitrogens with zero attached hydrogens (tertiary/aromatic N) is 1. The lowest BCUT2D eigenvalue weighted by molar-refractivity contribution is 0.102. The molecule has 1 aromatic carbocycles. The van der Waals surface area contributed by atoms with Crippen molar-refractivity contribution in [3.8, 4) is 0 Å². The summed E-state index contributed by atoms with van der Waals surface area (Å²) in [6, 6.07) is 8.64. The van der Waals surface area contributed by atoms with E-state index in [2.05, 4.69) is 21.2 Å². The molecule has 21 heavy (non-hydrogen) atoms. The van der Waals surface area contributed by atoms with Crippen LogP contribution in [0.2, 0.25) is 0 Å². The van der Waals surface area contributed by atoms with Crippen molar-refractivity contribution in [1.29, 1.82) is 0 Å². The number of nitrogens with one attached hydrogen (secondary N) is 1. The minimum atomic E-state index is -0.205. The van der Waals surface area contributed by atoms with Crippen LogP contribution in [0.1, 0.15) is 29.3 Å². The van der Waals surface area contributed by atoms with Crippen LogP contribution < -0.4 is 10.9 Å². The first kappa shape index (κ1) is 15.5. The van der Waals surface area contributed by atoms with E-state index in [1.807, 2.05) is 26.0 Å². The van der Waals surface area contributed by atoms with E-state index in [0.29, 0.717) is 17.8 Å². The van der Waals surface area contributed by atoms with E-state index in [9.17, 15) is 9.59 Å². The van der Waals surface area contributed by atoms with Gasteiger partial charge in [0.15, 0.2) is 0 Å². The number of amides is 1. The summed E-state index contributed by atoms with van der Waals surface area (Å²) in [5.74, 6) is -0.205. The Morgan fingerprint density at radius 1 is 1.29 bits per heavy atom. The van der Waals surface area contributed by atoms with Gasteiger partial charge in [-0.3, -0.25) is 9.59 Å². The number of halogens is 1. The highest BCUT2D eigenvalue weighted by Crippen LogP contribution is 2.19. The highest BCUT2D eigenvalue weighted by molar-refractivity contribution is 9.10. The monoisotopic (exact) mass is 348 g/mol. The van der Waals surface area contributed by atoms with Crippen LogP contribution in [0, 0.1) is 6.92 Å². The Morgan fingerprint density at radius 2 is 2.05 bits per heavy atom. The molecule has 0 atom stereocenters. The molecule has 1 aromatic heterocycles. The number of hydrogen-bond donors (Lipinski definition) is 1. The van der Waals surface area contributed by atoms with Crippen molar-refractivity contribution in [1.82, 2.24) is 4.57 Å². The molecule has 2 rings (SSSR count). The highest BCUT2D eigenvalue weighted by atomic mass is 79.9. The van der Waals surface area contributed by atoms with Crippen molar-refractivity contribution in [3.05, 3.63) is 62.5 Å². The molecule has 1 heterocycles. The third-order valence-corrected chi connectivity index (χ3v) is 3.73. The minimum absolute atomic E-state index is 0.0636. The summed E-state index contributed by atoms with van der Waals surface area (Å²) in [6.07, 6.45) is 2.53. The average molecular weight is 349 g/mol. The number of pyridine rings is 1. The van der Waals surface area contributed by atoms with Gasteiger partial charge >= 0.3 is 0 Å². The van der Waals surface area contributed by atoms with Crippen LogP contribution in [0.3, 0.4) is 0 Å². The molecule has 0 saturated carbocycles. The van der Waals surface area contributed by atoms with Gasteiger partial charge in [-0.05, 0) is 53.0 Å². The zero-order chi connectivity index (χ0) is 15.4. The largest absolute Gasteiger partial charge is 0.321 e. The normalized spacial score (nSPS) is 10.4. The summed E-state index contributed by atoms with van der Waals surface area (Å²) in [5.41, 5.74) is 2.19. The number of carbonyl (C=O) groups excluding carboxylic acids is 1. The zero-order valence-electron chi connectivity index (χ0n) is 12.0. The summed E-state index contributed by atoms with van der Waals surface area (Å²) in [7, 11) is 0. The maximum atomic E-state index is 12.3. The van der Waals surface area contributed by atoms with E-state index < -0.39 is 0 Å². The molecular weight excluding hydrogens is 332 g/mol. The van der Waals surface area contributed by atoms with Gasteiger partial charge in [0.05, 0.1) is 11.3 Å². The van der Waals surface area contributed by atoms with Gasteiger partial charge in [0.2, 0.25) is 0 Å². The van der Waals surface area contributed by atoms with Gasteiger partial charge in [-0.2, -0.15) is 0 Å². The van der Waals surface area contributed by atoms with Gasteiger partial charge in [-0.1, -0.05) is 13.0 Å². The molecule has 2 aromatic rings. The van der Waals surface area contributed by atoms with E-state index in [4.69, 9.17) is 0 Å². The summed E-state index contributed by atoms with van der Waals surface area (Å²) in [6.45, 7) is 4.60. The SMILES string of the molecule is CCCn1cc(NC(=O)c2ccc(C)cc2Br)ccc1=O. The second-order valence-electron chi connectivity index (χ2n) is 4.89. The van der Waals surface area contributed by atoms with Crippen molar-refractivity contribution in [3.63, 3.8) is 0 Å². The summed E-state index contributed by atoms with van der Waals surface area (Å²) in [4.78, 5) is 23.9. The predicted molar refractivity (Wildman–Crippen MR) is 87.8 cm³/mol. The van der Waals surface area contributed by atoms with Crippen molar-refractivity contribution in [2.75, 3.05) is 5.32 Å². The fourth-order valence-electron chi connectivity index (χ4n) is 2.02. The van der Waals surface area contributed by atoms with Gasteiger partial charge in [0.25, 0.3) is 11.5 Å². The van der Waals surface area contributed by atoms with Gasteiger partial charge in [-0.25, -0.2) is 0 Å². The summed E-state index contributed by atoms with van der Waals surface area (Å²) in [5, 5.41) is 2.82. The number of benzene rings is 1. The first-order valence-electron chi connectivity index (χ1n) is 6.79. The standard InChI is InChI=1S/C16H17BrN2O2/c1-3-8-19-10-12(5-7-15(19)20)18-16(21)13-6-4-11(2)9-14(13)17/h4-7,9-10H,3,8H2,1-2H3,(H,18,21). The molecule has 0 aliphatic carbocycles. The molecule has 0 spiro atoms. The first-order chi connectivity index (χ1) is 10.0. The number of carbonyl (C=O) groups is 1. The summed E-state index contributed by atoms with van der Waals surface area (Å²) >= 11 is 3.40. The summed E-state index contributed by atoms with van der Waals surface area (Å²) < 4.78 is 2.35. The Kier molecular flexibility index (Phi) is 4.96. The van der Waals surface area contributed by atoms with Crippen molar-refractivity contribution < 1.29 is 4.79 Å². The number of aromatic nitrogens is 1. The number of rotatable bonds is 4. The molecule has 0 fully saturated rings. The second-order valence-corrected chi connectivity index (χ2v) is 5.74. The smallest absolute Gasteiger partial charge is 0.256 e. The Labute approximate surface area is 131 Å². The fraction of sp³-hybridized carbons (Fsp3) is 0.250. The van der Waals surface area contributed by atoms with E-state index in [1.165, 1.54) is 6.07 Å². The number of anilines is 1. The quantitative estimate of drug-likeness (QED) is 0.917. The lowest BCUT2D eigenvalue weighted by Crippen LogP contribution is -2.20. The molecule has 5 heteroatoms. The van der Waals surface area contributed by atoms with Crippen molar-refractivity contribution in [2.24, 2.45) is 0 Å². The molecule has 1 amide bonds. The van der Waals surface area contributed by atoms with Crippen LogP contribution in [0.5, 0.6) is 0 Å². The van der Waals surface area contributed by atoms with Crippen LogP contribution in [-0.4, -0.2) is 10.5 Å². The zero-order valence-corrected chi connectivity index (χ0v) is 13.6. The third-order valence-electron chi connectivity index (χ3n) is 3.08. The maximum absolute atomic E-state index is 12.3. The van der Waals surface area contributed by atoms with E-state index in [1.54, 1.807) is 22.9 Å². The molecule has 0 aliphatic rings. The number of hydrogen-bond acceptors (Lipinski definition) is 2. The van der Waals surface area contributed by atoms with E-state index in [-0.39, 0.29) is 11.5 Å². The molecule has 0 saturated heterocycles. The van der Waals surface area contributed by atoms with Gasteiger partial charge < -0.3 is 9.88 Å². The van der Waals surface area contributed by atoms with Crippen molar-refractivity contribution >= 4 is 27.5 Å². The molecule has 0 radical (unpaired) electrons. The van der Waals surface area contributed by atoms with Crippen LogP contribution in [0.4, 0.5) is 5.69 Å². The Bertz CT molecular complexity index is 722. The van der Waals surface area contributed by atoms with Crippen molar-refractivity contribution in [2.45, 2.75) is 26.8 Å². The average Bonchev–Trinajstić information content (AvgIpc) is 2.42. The van der Waals surface area contributed by atoms with Crippen LogP contribution in [-0.2, 0) is 6.54 Å². The molecule has 0 bridgehead atoms. The molecule has 110 valence electrons. The Hall–Kier alpha value is -1.88. The van der Waals surface area contributed by atoms with Gasteiger partial charge in [0, 0.05) is 23.3 Å². The molecular formula is C16H17BrN2O2. The molecule has 0 unspecified atom stereocenters. The van der Waals surface area contributed by atoms with Crippen LogP contribution in [0.15, 0.2) is 45.8 Å². The lowest BCUT2D eigenvalue weighted by atomic mass is 10.1. The minimum Gasteiger partial charge on any atom is -0.321 e. The number of aryl methyl sites for hydroxylation is 2. The van der Waals surface area contributed by atoms with E-state index in [0.717, 1.165) is 16.5 Å². The van der Waals surface area contributed by atoms with Crippen LogP contribution in [0.25, 0.3) is 0 Å². The Morgan fingerprint density at radius 3 is 2.71 bits per heavy atom. The van der Waals surface area contributed by atoms with Gasteiger partial charge in [-0.15, -0.1) is 0 Å². The van der Waals surface area contributed by atoms with Crippen LogP contribution >= 0.6 is 15.9 Å².